The molecule has 3 aromatic rings. The number of carbonyl (C=O) groups is 2. The number of hydrogen-bond donors (Lipinski definition) is 3. The summed E-state index contributed by atoms with van der Waals surface area (Å²) in [7, 11) is 0. The predicted octanol–water partition coefficient (Wildman–Crippen LogP) is 3.36. The molecule has 0 aliphatic carbocycles. The van der Waals surface area contributed by atoms with Crippen LogP contribution in [0.4, 0.5) is 10.8 Å². The molecule has 3 rings (SSSR count). The van der Waals surface area contributed by atoms with Crippen LogP contribution >= 0.6 is 23.6 Å². The molecule has 25 heavy (non-hydrogen) atoms. The average Bonchev–Trinajstić information content (AvgIpc) is 3.23. The lowest BCUT2D eigenvalue weighted by atomic mass is 10.3. The fourth-order valence-electron chi connectivity index (χ4n) is 2.00. The second-order valence-corrected chi connectivity index (χ2v) is 6.43. The zero-order chi connectivity index (χ0) is 17.8. The quantitative estimate of drug-likeness (QED) is 0.606. The lowest BCUT2D eigenvalue weighted by Gasteiger charge is -2.08. The number of amides is 2. The first-order valence-corrected chi connectivity index (χ1v) is 8.64. The molecule has 2 amide bonds. The van der Waals surface area contributed by atoms with Crippen molar-refractivity contribution in [1.82, 2.24) is 10.3 Å². The maximum Gasteiger partial charge on any atom is 0.293 e. The van der Waals surface area contributed by atoms with Crippen molar-refractivity contribution in [3.8, 4) is 0 Å². The van der Waals surface area contributed by atoms with E-state index in [4.69, 9.17) is 16.6 Å². The Morgan fingerprint density at radius 1 is 1.28 bits per heavy atom. The number of benzene rings is 1. The van der Waals surface area contributed by atoms with Gasteiger partial charge in [0.25, 0.3) is 5.91 Å². The summed E-state index contributed by atoms with van der Waals surface area (Å²) in [6, 6.07) is 8.67. The highest BCUT2D eigenvalue weighted by atomic mass is 32.1. The molecule has 0 unspecified atom stereocenters. The zero-order valence-corrected chi connectivity index (χ0v) is 14.8. The van der Waals surface area contributed by atoms with Crippen molar-refractivity contribution in [3.05, 3.63) is 42.4 Å². The van der Waals surface area contributed by atoms with E-state index in [-0.39, 0.29) is 22.7 Å². The van der Waals surface area contributed by atoms with Gasteiger partial charge in [-0.05, 0) is 42.5 Å². The summed E-state index contributed by atoms with van der Waals surface area (Å²) < 4.78 is 5.92. The van der Waals surface area contributed by atoms with E-state index in [0.29, 0.717) is 11.6 Å². The third kappa shape index (κ3) is 4.20. The highest BCUT2D eigenvalue weighted by Gasteiger charge is 2.12. The van der Waals surface area contributed by atoms with E-state index in [1.54, 1.807) is 31.2 Å². The Morgan fingerprint density at radius 3 is 2.84 bits per heavy atom. The van der Waals surface area contributed by atoms with Gasteiger partial charge in [-0.25, -0.2) is 4.98 Å². The van der Waals surface area contributed by atoms with Crippen molar-refractivity contribution in [1.29, 1.82) is 0 Å². The van der Waals surface area contributed by atoms with E-state index in [1.165, 1.54) is 17.6 Å². The van der Waals surface area contributed by atoms with Crippen molar-refractivity contribution in [2.24, 2.45) is 0 Å². The topological polar surface area (TPSA) is 96.3 Å². The van der Waals surface area contributed by atoms with Gasteiger partial charge in [-0.3, -0.25) is 14.9 Å². The number of hydrogen-bond acceptors (Lipinski definition) is 6. The first kappa shape index (κ1) is 17.1. The second kappa shape index (κ2) is 7.41. The van der Waals surface area contributed by atoms with Crippen molar-refractivity contribution >= 4 is 61.5 Å². The number of thiocarbonyl (C=S) groups is 1. The Kier molecular flexibility index (Phi) is 5.05. The Labute approximate surface area is 152 Å². The molecule has 0 saturated heterocycles. The van der Waals surface area contributed by atoms with Gasteiger partial charge < -0.3 is 15.1 Å². The van der Waals surface area contributed by atoms with E-state index in [0.717, 1.165) is 15.9 Å². The SMILES string of the molecule is CCC(=O)NC(=S)Nc1ccc2nc(NC(=O)c3ccco3)sc2c1. The van der Waals surface area contributed by atoms with Crippen molar-refractivity contribution in [3.63, 3.8) is 0 Å². The first-order chi connectivity index (χ1) is 12.0. The summed E-state index contributed by atoms with van der Waals surface area (Å²) in [5.41, 5.74) is 1.47. The van der Waals surface area contributed by atoms with E-state index in [1.807, 2.05) is 6.07 Å². The molecule has 0 aliphatic heterocycles. The third-order valence-corrected chi connectivity index (χ3v) is 4.32. The Bertz CT molecular complexity index is 934. The van der Waals surface area contributed by atoms with E-state index in [9.17, 15) is 9.59 Å². The van der Waals surface area contributed by atoms with Gasteiger partial charge >= 0.3 is 0 Å². The molecule has 0 radical (unpaired) electrons. The molecule has 0 aliphatic rings. The van der Waals surface area contributed by atoms with Gasteiger partial charge in [-0.15, -0.1) is 0 Å². The van der Waals surface area contributed by atoms with Gasteiger partial charge in [0, 0.05) is 12.1 Å². The molecule has 2 heterocycles. The average molecular weight is 374 g/mol. The van der Waals surface area contributed by atoms with Crippen LogP contribution in [0.25, 0.3) is 10.2 Å². The molecule has 0 fully saturated rings. The number of anilines is 2. The molecule has 7 nitrogen and oxygen atoms in total. The van der Waals surface area contributed by atoms with Gasteiger partial charge in [0.05, 0.1) is 16.5 Å². The fraction of sp³-hybridized carbons (Fsp3) is 0.125. The minimum absolute atomic E-state index is 0.153. The molecule has 0 atom stereocenters. The maximum absolute atomic E-state index is 12.0. The predicted molar refractivity (Wildman–Crippen MR) is 101 cm³/mol. The molecule has 9 heteroatoms. The molecule has 2 aromatic heterocycles. The van der Waals surface area contributed by atoms with Crippen LogP contribution in [0.2, 0.25) is 0 Å². The largest absolute Gasteiger partial charge is 0.459 e. The van der Waals surface area contributed by atoms with Gasteiger partial charge in [0.1, 0.15) is 0 Å². The lowest BCUT2D eigenvalue weighted by Crippen LogP contribution is -2.33. The second-order valence-electron chi connectivity index (χ2n) is 4.99. The number of furan rings is 1. The van der Waals surface area contributed by atoms with Gasteiger partial charge in [-0.1, -0.05) is 18.3 Å². The van der Waals surface area contributed by atoms with Gasteiger partial charge in [-0.2, -0.15) is 0 Å². The van der Waals surface area contributed by atoms with Crippen LogP contribution in [-0.2, 0) is 4.79 Å². The standard InChI is InChI=1S/C16H14N4O3S2/c1-2-13(21)19-15(24)17-9-5-6-10-12(8-9)25-16(18-10)20-14(22)11-4-3-7-23-11/h3-8H,2H2,1H3,(H,18,20,22)(H2,17,19,21,24). The smallest absolute Gasteiger partial charge is 0.293 e. The number of fused-ring (bicyclic) bond motifs is 1. The number of nitrogens with one attached hydrogen (secondary N) is 3. The van der Waals surface area contributed by atoms with Crippen LogP contribution in [0, 0.1) is 0 Å². The fourth-order valence-corrected chi connectivity index (χ4v) is 3.13. The highest BCUT2D eigenvalue weighted by Crippen LogP contribution is 2.28. The maximum atomic E-state index is 12.0. The van der Waals surface area contributed by atoms with Crippen molar-refractivity contribution in [2.45, 2.75) is 13.3 Å². The Morgan fingerprint density at radius 2 is 2.12 bits per heavy atom. The molecular weight excluding hydrogens is 360 g/mol. The van der Waals surface area contributed by atoms with Gasteiger partial charge in [0.15, 0.2) is 16.0 Å². The molecular formula is C16H14N4O3S2. The zero-order valence-electron chi connectivity index (χ0n) is 13.2. The minimum atomic E-state index is -0.356. The number of rotatable bonds is 4. The number of aromatic nitrogens is 1. The summed E-state index contributed by atoms with van der Waals surface area (Å²) >= 11 is 6.41. The molecule has 0 bridgehead atoms. The van der Waals surface area contributed by atoms with E-state index < -0.39 is 0 Å². The molecule has 1 aromatic carbocycles. The third-order valence-electron chi connectivity index (χ3n) is 3.19. The highest BCUT2D eigenvalue weighted by molar-refractivity contribution is 7.80. The van der Waals surface area contributed by atoms with Gasteiger partial charge in [0.2, 0.25) is 5.91 Å². The molecule has 128 valence electrons. The lowest BCUT2D eigenvalue weighted by molar-refractivity contribution is -0.119. The molecule has 0 spiro atoms. The molecule has 3 N–H and O–H groups in total. The monoisotopic (exact) mass is 374 g/mol. The number of carbonyl (C=O) groups excluding carboxylic acids is 2. The summed E-state index contributed by atoms with van der Waals surface area (Å²) in [5, 5.41) is 8.93. The van der Waals surface area contributed by atoms with Crippen LogP contribution in [0.3, 0.4) is 0 Å². The summed E-state index contributed by atoms with van der Waals surface area (Å²) in [6.07, 6.45) is 1.79. The van der Waals surface area contributed by atoms with Crippen LogP contribution in [0.15, 0.2) is 41.0 Å². The van der Waals surface area contributed by atoms with Crippen molar-refractivity contribution in [2.75, 3.05) is 10.6 Å². The number of nitrogens with zero attached hydrogens (tertiary/aromatic N) is 1. The summed E-state index contributed by atoms with van der Waals surface area (Å²) in [5.74, 6) is -0.288. The minimum Gasteiger partial charge on any atom is -0.459 e. The van der Waals surface area contributed by atoms with Crippen LogP contribution in [-0.4, -0.2) is 21.9 Å². The Hall–Kier alpha value is -2.78. The summed E-state index contributed by atoms with van der Waals surface area (Å²) in [4.78, 5) is 27.7. The van der Waals surface area contributed by atoms with Crippen LogP contribution in [0.5, 0.6) is 0 Å². The summed E-state index contributed by atoms with van der Waals surface area (Å²) in [6.45, 7) is 1.75. The van der Waals surface area contributed by atoms with Crippen LogP contribution < -0.4 is 16.0 Å². The normalized spacial score (nSPS) is 10.4. The number of thiazole rings is 1. The molecule has 0 saturated carbocycles. The Balaban J connectivity index is 1.72. The van der Waals surface area contributed by atoms with E-state index in [2.05, 4.69) is 20.9 Å². The van der Waals surface area contributed by atoms with Crippen molar-refractivity contribution < 1.29 is 14.0 Å². The van der Waals surface area contributed by atoms with Crippen LogP contribution in [0.1, 0.15) is 23.9 Å². The van der Waals surface area contributed by atoms with E-state index >= 15 is 0 Å². The first-order valence-electron chi connectivity index (χ1n) is 7.41.